The number of nitrogens with one attached hydrogen (secondary N) is 1. The monoisotopic (exact) mass is 525 g/mol. The Morgan fingerprint density at radius 1 is 1.14 bits per heavy atom. The molecule has 0 aliphatic carbocycles. The van der Waals surface area contributed by atoms with Gasteiger partial charge in [-0.1, -0.05) is 21.4 Å². The van der Waals surface area contributed by atoms with Gasteiger partial charge in [0.15, 0.2) is 0 Å². The average Bonchev–Trinajstić information content (AvgIpc) is 3.16. The molecule has 0 spiro atoms. The maximum atomic E-state index is 14.1. The Labute approximate surface area is 209 Å². The van der Waals surface area contributed by atoms with Gasteiger partial charge in [0.1, 0.15) is 5.84 Å². The van der Waals surface area contributed by atoms with Crippen LogP contribution < -0.4 is 5.32 Å². The SMILES string of the molecule is CN=C(NCCN(C)C)/C(C)=C/c1ccc2nn(Cc3ccc(C(F)(F)F)cc3C(F)(F)P)cc2c1. The van der Waals surface area contributed by atoms with E-state index < -0.39 is 23.0 Å². The molecule has 0 aliphatic heterocycles. The first-order chi connectivity index (χ1) is 16.8. The summed E-state index contributed by atoms with van der Waals surface area (Å²) in [6.07, 6.45) is -1.05. The molecule has 0 radical (unpaired) electrons. The zero-order valence-electron chi connectivity index (χ0n) is 20.5. The van der Waals surface area contributed by atoms with E-state index in [0.29, 0.717) is 11.6 Å². The smallest absolute Gasteiger partial charge is 0.369 e. The van der Waals surface area contributed by atoms with Crippen LogP contribution in [-0.4, -0.2) is 54.7 Å². The summed E-state index contributed by atoms with van der Waals surface area (Å²) in [5.41, 5.74) is -2.79. The number of fused-ring (bicyclic) bond motifs is 1. The van der Waals surface area contributed by atoms with Crippen LogP contribution in [0.1, 0.15) is 29.2 Å². The Morgan fingerprint density at radius 3 is 2.47 bits per heavy atom. The van der Waals surface area contributed by atoms with Gasteiger partial charge in [-0.25, -0.2) is 0 Å². The lowest BCUT2D eigenvalue weighted by Crippen LogP contribution is -2.31. The molecule has 194 valence electrons. The number of hydrogen-bond donors (Lipinski definition) is 1. The highest BCUT2D eigenvalue weighted by Gasteiger charge is 2.35. The second kappa shape index (κ2) is 11.0. The second-order valence-electron chi connectivity index (χ2n) is 8.77. The van der Waals surface area contributed by atoms with Crippen LogP contribution in [0.15, 0.2) is 53.2 Å². The summed E-state index contributed by atoms with van der Waals surface area (Å²) in [6.45, 7) is 3.46. The molecule has 1 atom stereocenters. The lowest BCUT2D eigenvalue weighted by molar-refractivity contribution is -0.137. The normalized spacial score (nSPS) is 13.6. The van der Waals surface area contributed by atoms with Crippen molar-refractivity contribution in [3.63, 3.8) is 0 Å². The standard InChI is InChI=1S/C25H29F5N5P/c1-16(23(31-2)32-9-10-34(3)4)11-17-5-8-22-19(12-17)15-35(33-22)14-18-6-7-20(24(26,27)28)13-21(18)25(29,30)36/h5-8,11-13,15H,9-10,14,36H2,1-4H3,(H,31,32)/b16-11+. The quantitative estimate of drug-likeness (QED) is 0.180. The minimum Gasteiger partial charge on any atom is -0.369 e. The van der Waals surface area contributed by atoms with Crippen LogP contribution in [0.5, 0.6) is 0 Å². The number of rotatable bonds is 8. The van der Waals surface area contributed by atoms with E-state index in [9.17, 15) is 22.0 Å². The van der Waals surface area contributed by atoms with Gasteiger partial charge in [0, 0.05) is 37.3 Å². The molecule has 0 bridgehead atoms. The summed E-state index contributed by atoms with van der Waals surface area (Å²) in [4.78, 5) is 6.38. The third-order valence-corrected chi connectivity index (χ3v) is 5.85. The Balaban J connectivity index is 1.86. The summed E-state index contributed by atoms with van der Waals surface area (Å²) in [5.74, 6) is 0.779. The highest BCUT2D eigenvalue weighted by molar-refractivity contribution is 7.17. The van der Waals surface area contributed by atoms with Gasteiger partial charge in [0.05, 0.1) is 17.6 Å². The Morgan fingerprint density at radius 2 is 1.86 bits per heavy atom. The molecule has 5 nitrogen and oxygen atoms in total. The van der Waals surface area contributed by atoms with Gasteiger partial charge in [-0.15, -0.1) is 0 Å². The van der Waals surface area contributed by atoms with Crippen LogP contribution in [0, 0.1) is 0 Å². The van der Waals surface area contributed by atoms with E-state index >= 15 is 0 Å². The van der Waals surface area contributed by atoms with Crippen molar-refractivity contribution in [1.82, 2.24) is 20.0 Å². The number of hydrogen-bond acceptors (Lipinski definition) is 3. The van der Waals surface area contributed by atoms with Crippen LogP contribution in [0.3, 0.4) is 0 Å². The molecule has 11 heteroatoms. The molecule has 0 aliphatic rings. The number of benzene rings is 2. The van der Waals surface area contributed by atoms with Crippen molar-refractivity contribution in [2.45, 2.75) is 25.3 Å². The molecule has 3 aromatic rings. The number of aliphatic imine (C=N–C) groups is 1. The van der Waals surface area contributed by atoms with E-state index in [1.807, 2.05) is 45.3 Å². The molecule has 0 saturated heterocycles. The fourth-order valence-corrected chi connectivity index (χ4v) is 4.02. The molecular formula is C25H29F5N5P. The zero-order chi connectivity index (χ0) is 26.7. The van der Waals surface area contributed by atoms with E-state index in [2.05, 4.69) is 20.3 Å². The molecule has 1 heterocycles. The molecule has 1 unspecified atom stereocenters. The second-order valence-corrected chi connectivity index (χ2v) is 9.49. The van der Waals surface area contributed by atoms with Gasteiger partial charge in [0.25, 0.3) is 5.66 Å². The summed E-state index contributed by atoms with van der Waals surface area (Å²) in [5, 5.41) is 8.50. The molecule has 1 N–H and O–H groups in total. The molecule has 36 heavy (non-hydrogen) atoms. The maximum absolute atomic E-state index is 14.1. The predicted octanol–water partition coefficient (Wildman–Crippen LogP) is 5.61. The summed E-state index contributed by atoms with van der Waals surface area (Å²) >= 11 is 0. The fraction of sp³-hybridized carbons (Fsp3) is 0.360. The molecule has 0 amide bonds. The average molecular weight is 526 g/mol. The lowest BCUT2D eigenvalue weighted by Gasteiger charge is -2.18. The molecule has 3 rings (SSSR count). The molecule has 0 saturated carbocycles. The van der Waals surface area contributed by atoms with Gasteiger partial charge in [-0.3, -0.25) is 9.67 Å². The Bertz CT molecular complexity index is 1270. The van der Waals surface area contributed by atoms with Crippen LogP contribution in [0.2, 0.25) is 0 Å². The first kappa shape index (κ1) is 27.7. The third-order valence-electron chi connectivity index (χ3n) is 5.54. The van der Waals surface area contributed by atoms with Crippen molar-refractivity contribution in [3.8, 4) is 0 Å². The van der Waals surface area contributed by atoms with Crippen molar-refractivity contribution in [1.29, 1.82) is 0 Å². The number of aromatic nitrogens is 2. The van der Waals surface area contributed by atoms with E-state index in [1.165, 1.54) is 13.9 Å². The first-order valence-electron chi connectivity index (χ1n) is 11.2. The fourth-order valence-electron chi connectivity index (χ4n) is 3.75. The van der Waals surface area contributed by atoms with E-state index in [-0.39, 0.29) is 12.1 Å². The molecule has 0 fully saturated rings. The first-order valence-corrected chi connectivity index (χ1v) is 11.7. The van der Waals surface area contributed by atoms with Crippen LogP contribution in [-0.2, 0) is 18.4 Å². The van der Waals surface area contributed by atoms with E-state index in [4.69, 9.17) is 0 Å². The Kier molecular flexibility index (Phi) is 8.52. The van der Waals surface area contributed by atoms with Crippen molar-refractivity contribution in [2.75, 3.05) is 34.2 Å². The predicted molar refractivity (Wildman–Crippen MR) is 137 cm³/mol. The number of alkyl halides is 5. The van der Waals surface area contributed by atoms with Crippen molar-refractivity contribution in [2.24, 2.45) is 4.99 Å². The largest absolute Gasteiger partial charge is 0.416 e. The summed E-state index contributed by atoms with van der Waals surface area (Å²) < 4.78 is 68.9. The topological polar surface area (TPSA) is 45.5 Å². The molecule has 2 aromatic carbocycles. The number of halogens is 5. The highest BCUT2D eigenvalue weighted by atomic mass is 31.0. The van der Waals surface area contributed by atoms with Gasteiger partial charge in [-0.2, -0.15) is 27.1 Å². The molecule has 1 aromatic heterocycles. The summed E-state index contributed by atoms with van der Waals surface area (Å²) in [7, 11) is 7.02. The van der Waals surface area contributed by atoms with Crippen LogP contribution in [0.4, 0.5) is 22.0 Å². The third kappa shape index (κ3) is 7.11. The number of nitrogens with zero attached hydrogens (tertiary/aromatic N) is 4. The van der Waals surface area contributed by atoms with E-state index in [1.54, 1.807) is 13.2 Å². The van der Waals surface area contributed by atoms with Gasteiger partial charge in [0.2, 0.25) is 0 Å². The molecular weight excluding hydrogens is 496 g/mol. The van der Waals surface area contributed by atoms with Crippen molar-refractivity contribution >= 4 is 32.1 Å². The van der Waals surface area contributed by atoms with Gasteiger partial charge in [-0.05, 0) is 68.1 Å². The zero-order valence-corrected chi connectivity index (χ0v) is 21.7. The maximum Gasteiger partial charge on any atom is 0.416 e. The lowest BCUT2D eigenvalue weighted by atomic mass is 10.0. The Hall–Kier alpha value is -2.84. The van der Waals surface area contributed by atoms with Crippen molar-refractivity contribution in [3.05, 3.63) is 70.4 Å². The van der Waals surface area contributed by atoms with Crippen molar-refractivity contribution < 1.29 is 22.0 Å². The summed E-state index contributed by atoms with van der Waals surface area (Å²) in [6, 6.07) is 7.99. The van der Waals surface area contributed by atoms with Crippen LogP contribution in [0.25, 0.3) is 17.0 Å². The minimum absolute atomic E-state index is 0.0550. The number of amidine groups is 1. The van der Waals surface area contributed by atoms with Gasteiger partial charge >= 0.3 is 6.18 Å². The van der Waals surface area contributed by atoms with Gasteiger partial charge < -0.3 is 10.2 Å². The highest BCUT2D eigenvalue weighted by Crippen LogP contribution is 2.40. The van der Waals surface area contributed by atoms with Crippen LogP contribution >= 0.6 is 9.24 Å². The minimum atomic E-state index is -4.71. The van der Waals surface area contributed by atoms with E-state index in [0.717, 1.165) is 47.6 Å². The number of likely N-dealkylation sites (N-methyl/N-ethyl adjacent to an activating group) is 1.